The second-order valence-corrected chi connectivity index (χ2v) is 8.04. The lowest BCUT2D eigenvalue weighted by atomic mass is 9.95. The molecule has 2 aromatic rings. The summed E-state index contributed by atoms with van der Waals surface area (Å²) in [6.45, 7) is 0.461. The molecule has 2 aromatic heterocycles. The van der Waals surface area contributed by atoms with Crippen molar-refractivity contribution in [1.82, 2.24) is 24.5 Å². The van der Waals surface area contributed by atoms with Crippen LogP contribution >= 0.6 is 0 Å². The molecule has 0 N–H and O–H groups in total. The maximum Gasteiger partial charge on any atom is 0.435 e. The molecule has 3 heterocycles. The zero-order chi connectivity index (χ0) is 20.6. The summed E-state index contributed by atoms with van der Waals surface area (Å²) in [5.74, 6) is -0.176. The summed E-state index contributed by atoms with van der Waals surface area (Å²) in [6.07, 6.45) is 5.44. The van der Waals surface area contributed by atoms with E-state index in [0.717, 1.165) is 44.1 Å². The van der Waals surface area contributed by atoms with Gasteiger partial charge in [0.05, 0.1) is 12.2 Å². The lowest BCUT2D eigenvalue weighted by Crippen LogP contribution is -2.37. The molecule has 2 aliphatic rings. The number of hydrogen-bond acceptors (Lipinski definition) is 3. The molecule has 1 aliphatic heterocycles. The molecule has 29 heavy (non-hydrogen) atoms. The summed E-state index contributed by atoms with van der Waals surface area (Å²) < 4.78 is 43.3. The molecular weight excluding hydrogens is 383 g/mol. The van der Waals surface area contributed by atoms with Crippen LogP contribution in [0.2, 0.25) is 0 Å². The third kappa shape index (κ3) is 4.04. The molecule has 9 heteroatoms. The van der Waals surface area contributed by atoms with Crippen LogP contribution in [0.25, 0.3) is 0 Å². The van der Waals surface area contributed by atoms with Gasteiger partial charge in [-0.25, -0.2) is 0 Å². The Hall–Kier alpha value is -2.32. The molecule has 1 aliphatic carbocycles. The van der Waals surface area contributed by atoms with Gasteiger partial charge in [-0.05, 0) is 38.5 Å². The number of aromatic nitrogens is 4. The first-order valence-electron chi connectivity index (χ1n) is 10.3. The van der Waals surface area contributed by atoms with Gasteiger partial charge in [0.25, 0.3) is 0 Å². The van der Waals surface area contributed by atoms with Gasteiger partial charge >= 0.3 is 6.18 Å². The standard InChI is InChI=1S/C20H26F3N5O/c1-26-12-14(11-24-26)16-8-3-2-6-10-27(16)18(29)13-28-17-9-5-4-7-15(17)19(25-28)20(21,22)23/h11-12,16H,2-10,13H2,1H3/t16-/m0/s1. The Morgan fingerprint density at radius 1 is 1.17 bits per heavy atom. The van der Waals surface area contributed by atoms with Gasteiger partial charge in [-0.15, -0.1) is 0 Å². The van der Waals surface area contributed by atoms with Gasteiger partial charge in [-0.3, -0.25) is 14.2 Å². The molecule has 1 fully saturated rings. The van der Waals surface area contributed by atoms with Gasteiger partial charge in [0.2, 0.25) is 5.91 Å². The topological polar surface area (TPSA) is 56.0 Å². The highest BCUT2D eigenvalue weighted by Crippen LogP contribution is 2.36. The highest BCUT2D eigenvalue weighted by atomic mass is 19.4. The van der Waals surface area contributed by atoms with Crippen molar-refractivity contribution in [3.63, 3.8) is 0 Å². The van der Waals surface area contributed by atoms with Crippen LogP contribution in [-0.2, 0) is 37.4 Å². The molecule has 0 aromatic carbocycles. The molecular formula is C20H26F3N5O. The van der Waals surface area contributed by atoms with E-state index in [1.807, 2.05) is 18.1 Å². The van der Waals surface area contributed by atoms with Gasteiger partial charge in [0, 0.05) is 36.6 Å². The minimum Gasteiger partial charge on any atom is -0.334 e. The van der Waals surface area contributed by atoms with E-state index >= 15 is 0 Å². The van der Waals surface area contributed by atoms with Gasteiger partial charge in [-0.1, -0.05) is 12.8 Å². The summed E-state index contributed by atoms with van der Waals surface area (Å²) in [5.41, 5.74) is 1.00. The average molecular weight is 409 g/mol. The second kappa shape index (κ2) is 7.84. The molecule has 4 rings (SSSR count). The summed E-state index contributed by atoms with van der Waals surface area (Å²) >= 11 is 0. The highest BCUT2D eigenvalue weighted by Gasteiger charge is 2.40. The Bertz CT molecular complexity index is 885. The van der Waals surface area contributed by atoms with Crippen LogP contribution in [0.4, 0.5) is 13.2 Å². The Labute approximate surface area is 167 Å². The maximum absolute atomic E-state index is 13.4. The van der Waals surface area contributed by atoms with E-state index in [9.17, 15) is 18.0 Å². The predicted molar refractivity (Wildman–Crippen MR) is 100 cm³/mol. The number of nitrogens with zero attached hydrogens (tertiary/aromatic N) is 5. The molecule has 0 bridgehead atoms. The fraction of sp³-hybridized carbons (Fsp3) is 0.650. The number of amides is 1. The van der Waals surface area contributed by atoms with Gasteiger partial charge < -0.3 is 4.90 Å². The molecule has 6 nitrogen and oxygen atoms in total. The lowest BCUT2D eigenvalue weighted by Gasteiger charge is -2.30. The van der Waals surface area contributed by atoms with Crippen molar-refractivity contribution >= 4 is 5.91 Å². The molecule has 0 radical (unpaired) electrons. The van der Waals surface area contributed by atoms with E-state index in [-0.39, 0.29) is 24.1 Å². The van der Waals surface area contributed by atoms with Crippen molar-refractivity contribution in [2.24, 2.45) is 7.05 Å². The lowest BCUT2D eigenvalue weighted by molar-refractivity contribution is -0.143. The van der Waals surface area contributed by atoms with E-state index in [2.05, 4.69) is 10.2 Å². The SMILES string of the molecule is Cn1cc([C@@H]2CCCCCN2C(=O)Cn2nc(C(F)(F)F)c3c2CCCC3)cn1. The molecule has 1 amide bonds. The largest absolute Gasteiger partial charge is 0.435 e. The van der Waals surface area contributed by atoms with E-state index in [1.165, 1.54) is 4.68 Å². The molecule has 1 saturated heterocycles. The highest BCUT2D eigenvalue weighted by molar-refractivity contribution is 5.76. The quantitative estimate of drug-likeness (QED) is 0.778. The predicted octanol–water partition coefficient (Wildman–Crippen LogP) is 3.66. The second-order valence-electron chi connectivity index (χ2n) is 8.04. The molecule has 158 valence electrons. The van der Waals surface area contributed by atoms with E-state index in [0.29, 0.717) is 25.1 Å². The number of fused-ring (bicyclic) bond motifs is 1. The zero-order valence-corrected chi connectivity index (χ0v) is 16.6. The first-order chi connectivity index (χ1) is 13.8. The van der Waals surface area contributed by atoms with Crippen LogP contribution in [0.1, 0.15) is 67.1 Å². The molecule has 0 saturated carbocycles. The van der Waals surface area contributed by atoms with Crippen LogP contribution in [-0.4, -0.2) is 36.9 Å². The first-order valence-corrected chi connectivity index (χ1v) is 10.3. The Morgan fingerprint density at radius 2 is 1.97 bits per heavy atom. The third-order valence-electron chi connectivity index (χ3n) is 5.99. The van der Waals surface area contributed by atoms with Gasteiger partial charge in [0.15, 0.2) is 5.69 Å². The molecule has 0 spiro atoms. The summed E-state index contributed by atoms with van der Waals surface area (Å²) in [6, 6.07) is -0.0906. The van der Waals surface area contributed by atoms with Crippen molar-refractivity contribution in [1.29, 1.82) is 0 Å². The van der Waals surface area contributed by atoms with E-state index < -0.39 is 11.9 Å². The van der Waals surface area contributed by atoms with Crippen LogP contribution < -0.4 is 0 Å². The Balaban J connectivity index is 1.61. The first kappa shape index (κ1) is 20.0. The number of alkyl halides is 3. The summed E-state index contributed by atoms with van der Waals surface area (Å²) in [7, 11) is 1.83. The van der Waals surface area contributed by atoms with Crippen molar-refractivity contribution in [2.75, 3.05) is 6.54 Å². The third-order valence-corrected chi connectivity index (χ3v) is 5.99. The van der Waals surface area contributed by atoms with Crippen LogP contribution in [0, 0.1) is 0 Å². The normalized spacial score (nSPS) is 20.4. The Morgan fingerprint density at radius 3 is 2.69 bits per heavy atom. The summed E-state index contributed by atoms with van der Waals surface area (Å²) in [5, 5.41) is 8.08. The fourth-order valence-corrected chi connectivity index (χ4v) is 4.61. The molecule has 0 unspecified atom stereocenters. The maximum atomic E-state index is 13.4. The van der Waals surface area contributed by atoms with Crippen LogP contribution in [0.15, 0.2) is 12.4 Å². The number of halogens is 3. The Kier molecular flexibility index (Phi) is 5.40. The number of carbonyl (C=O) groups is 1. The van der Waals surface area contributed by atoms with Crippen LogP contribution in [0.5, 0.6) is 0 Å². The number of hydrogen-bond donors (Lipinski definition) is 0. The van der Waals surface area contributed by atoms with Gasteiger partial charge in [-0.2, -0.15) is 23.4 Å². The minimum absolute atomic E-state index is 0.0906. The smallest absolute Gasteiger partial charge is 0.334 e. The summed E-state index contributed by atoms with van der Waals surface area (Å²) in [4.78, 5) is 15.0. The van der Waals surface area contributed by atoms with E-state index in [1.54, 1.807) is 10.9 Å². The van der Waals surface area contributed by atoms with E-state index in [4.69, 9.17) is 0 Å². The average Bonchev–Trinajstić information content (AvgIpc) is 3.17. The number of likely N-dealkylation sites (tertiary alicyclic amines) is 1. The number of aryl methyl sites for hydroxylation is 1. The molecule has 1 atom stereocenters. The van der Waals surface area contributed by atoms with Crippen molar-refractivity contribution in [3.8, 4) is 0 Å². The van der Waals surface area contributed by atoms with Crippen molar-refractivity contribution in [3.05, 3.63) is 34.9 Å². The number of carbonyl (C=O) groups excluding carboxylic acids is 1. The monoisotopic (exact) mass is 409 g/mol. The zero-order valence-electron chi connectivity index (χ0n) is 16.6. The number of rotatable bonds is 3. The minimum atomic E-state index is -4.49. The fourth-order valence-electron chi connectivity index (χ4n) is 4.61. The van der Waals surface area contributed by atoms with Crippen LogP contribution in [0.3, 0.4) is 0 Å². The van der Waals surface area contributed by atoms with Crippen molar-refractivity contribution in [2.45, 2.75) is 70.1 Å². The van der Waals surface area contributed by atoms with Gasteiger partial charge in [0.1, 0.15) is 6.54 Å². The van der Waals surface area contributed by atoms with Crippen molar-refractivity contribution < 1.29 is 18.0 Å².